The van der Waals surface area contributed by atoms with Crippen molar-refractivity contribution in [3.8, 4) is 5.75 Å². The van der Waals surface area contributed by atoms with Crippen molar-refractivity contribution in [1.29, 1.82) is 0 Å². The van der Waals surface area contributed by atoms with Crippen LogP contribution in [0.3, 0.4) is 0 Å². The Labute approximate surface area is 135 Å². The van der Waals surface area contributed by atoms with Gasteiger partial charge in [0.15, 0.2) is 0 Å². The third kappa shape index (κ3) is 2.97. The van der Waals surface area contributed by atoms with Gasteiger partial charge in [0.25, 0.3) is 0 Å². The van der Waals surface area contributed by atoms with Crippen LogP contribution in [0.15, 0.2) is 42.5 Å². The quantitative estimate of drug-likeness (QED) is 0.477. The summed E-state index contributed by atoms with van der Waals surface area (Å²) in [5.74, 6) is 1.05. The number of hydrogen-bond donors (Lipinski definition) is 0. The number of hydrogen-bond acceptors (Lipinski definition) is 1. The van der Waals surface area contributed by atoms with E-state index in [-0.39, 0.29) is 4.83 Å². The van der Waals surface area contributed by atoms with Crippen molar-refractivity contribution >= 4 is 38.5 Å². The fourth-order valence-electron chi connectivity index (χ4n) is 2.36. The lowest BCUT2D eigenvalue weighted by molar-refractivity contribution is 0.288. The summed E-state index contributed by atoms with van der Waals surface area (Å²) in [6, 6.07) is 15.2. The van der Waals surface area contributed by atoms with Gasteiger partial charge in [-0.05, 0) is 70.3 Å². The number of aryl methyl sites for hydroxylation is 1. The molecule has 3 heteroatoms. The molecule has 1 unspecified atom stereocenters. The van der Waals surface area contributed by atoms with E-state index in [0.29, 0.717) is 0 Å². The molecule has 0 saturated carbocycles. The van der Waals surface area contributed by atoms with Gasteiger partial charge in [-0.3, -0.25) is 0 Å². The summed E-state index contributed by atoms with van der Waals surface area (Å²) in [5, 5.41) is 0. The normalized spacial score (nSPS) is 15.5. The average Bonchev–Trinajstić information content (AvgIpc) is 2.47. The molecule has 98 valence electrons. The van der Waals surface area contributed by atoms with Crippen molar-refractivity contribution in [2.24, 2.45) is 0 Å². The van der Waals surface area contributed by atoms with E-state index in [1.807, 2.05) is 0 Å². The van der Waals surface area contributed by atoms with Crippen LogP contribution in [-0.4, -0.2) is 6.61 Å². The van der Waals surface area contributed by atoms with E-state index in [1.54, 1.807) is 0 Å². The number of fused-ring (bicyclic) bond motifs is 1. The minimum atomic E-state index is 0.247. The first-order valence-corrected chi connectivity index (χ1v) is 8.38. The van der Waals surface area contributed by atoms with Crippen LogP contribution >= 0.6 is 38.5 Å². The summed E-state index contributed by atoms with van der Waals surface area (Å²) in [4.78, 5) is 0.247. The summed E-state index contributed by atoms with van der Waals surface area (Å²) in [5.41, 5.74) is 3.92. The molecular weight excluding hydrogens is 415 g/mol. The van der Waals surface area contributed by atoms with Crippen molar-refractivity contribution in [2.75, 3.05) is 6.61 Å². The molecule has 0 aromatic heterocycles. The van der Waals surface area contributed by atoms with Crippen molar-refractivity contribution in [2.45, 2.75) is 17.7 Å². The lowest BCUT2D eigenvalue weighted by Gasteiger charge is -2.19. The molecule has 0 saturated heterocycles. The Morgan fingerprint density at radius 2 is 1.79 bits per heavy atom. The molecule has 0 amide bonds. The van der Waals surface area contributed by atoms with Crippen molar-refractivity contribution in [1.82, 2.24) is 0 Å². The number of rotatable bonds is 2. The second kappa shape index (κ2) is 5.83. The van der Waals surface area contributed by atoms with Crippen molar-refractivity contribution < 1.29 is 4.74 Å². The van der Waals surface area contributed by atoms with E-state index in [1.165, 1.54) is 20.3 Å². The largest absolute Gasteiger partial charge is 0.493 e. The molecule has 0 radical (unpaired) electrons. The highest BCUT2D eigenvalue weighted by Gasteiger charge is 2.15. The fraction of sp³-hybridized carbons (Fsp3) is 0.250. The molecule has 1 aliphatic heterocycles. The van der Waals surface area contributed by atoms with E-state index < -0.39 is 0 Å². The van der Waals surface area contributed by atoms with E-state index in [2.05, 4.69) is 81.0 Å². The van der Waals surface area contributed by atoms with Crippen LogP contribution in [0.25, 0.3) is 0 Å². The maximum atomic E-state index is 5.66. The first kappa shape index (κ1) is 13.4. The Balaban J connectivity index is 1.91. The standard InChI is InChI=1S/C16H14BrIO/c17-16(11-3-6-14(18)7-4-11)13-5-8-15-12(10-13)2-1-9-19-15/h3-8,10,16H,1-2,9H2. The van der Waals surface area contributed by atoms with Crippen LogP contribution in [0.5, 0.6) is 5.75 Å². The van der Waals surface area contributed by atoms with Gasteiger partial charge in [0.1, 0.15) is 5.75 Å². The van der Waals surface area contributed by atoms with Crippen LogP contribution in [0.1, 0.15) is 27.9 Å². The van der Waals surface area contributed by atoms with Gasteiger partial charge in [-0.2, -0.15) is 0 Å². The lowest BCUT2D eigenvalue weighted by atomic mass is 9.99. The molecule has 0 N–H and O–H groups in total. The van der Waals surface area contributed by atoms with Crippen molar-refractivity contribution in [3.63, 3.8) is 0 Å². The SMILES string of the molecule is BrC(c1ccc(I)cc1)c1ccc2c(c1)CCCO2. The van der Waals surface area contributed by atoms with Gasteiger partial charge in [0.2, 0.25) is 0 Å². The Kier molecular flexibility index (Phi) is 4.12. The first-order valence-electron chi connectivity index (χ1n) is 6.39. The molecule has 1 nitrogen and oxygen atoms in total. The minimum Gasteiger partial charge on any atom is -0.493 e. The summed E-state index contributed by atoms with van der Waals surface area (Å²) >= 11 is 6.13. The van der Waals surface area contributed by atoms with Gasteiger partial charge in [-0.1, -0.05) is 40.2 Å². The predicted octanol–water partition coefficient (Wildman–Crippen LogP) is 5.10. The van der Waals surface area contributed by atoms with Crippen LogP contribution in [0.2, 0.25) is 0 Å². The highest BCUT2D eigenvalue weighted by Crippen LogP contribution is 2.35. The topological polar surface area (TPSA) is 9.23 Å². The zero-order valence-electron chi connectivity index (χ0n) is 10.4. The monoisotopic (exact) mass is 428 g/mol. The Bertz CT molecular complexity index is 580. The second-order valence-corrected chi connectivity index (χ2v) is 6.89. The van der Waals surface area contributed by atoms with Gasteiger partial charge in [-0.25, -0.2) is 0 Å². The summed E-state index contributed by atoms with van der Waals surface area (Å²) in [6.45, 7) is 0.848. The Morgan fingerprint density at radius 3 is 2.58 bits per heavy atom. The zero-order chi connectivity index (χ0) is 13.2. The highest BCUT2D eigenvalue weighted by molar-refractivity contribution is 14.1. The maximum Gasteiger partial charge on any atom is 0.122 e. The number of benzene rings is 2. The molecule has 0 spiro atoms. The van der Waals surface area contributed by atoms with Crippen molar-refractivity contribution in [3.05, 3.63) is 62.7 Å². The summed E-state index contributed by atoms with van der Waals surface area (Å²) in [6.07, 6.45) is 2.24. The molecule has 0 bridgehead atoms. The van der Waals surface area contributed by atoms with Crippen LogP contribution in [0, 0.1) is 3.57 Å². The molecule has 2 aromatic carbocycles. The Hall–Kier alpha value is -0.550. The van der Waals surface area contributed by atoms with E-state index >= 15 is 0 Å². The lowest BCUT2D eigenvalue weighted by Crippen LogP contribution is -2.08. The van der Waals surface area contributed by atoms with Crippen LogP contribution in [-0.2, 0) is 6.42 Å². The van der Waals surface area contributed by atoms with E-state index in [4.69, 9.17) is 4.74 Å². The summed E-state index contributed by atoms with van der Waals surface area (Å²) in [7, 11) is 0. The van der Waals surface area contributed by atoms with Gasteiger partial charge >= 0.3 is 0 Å². The maximum absolute atomic E-state index is 5.66. The van der Waals surface area contributed by atoms with Gasteiger partial charge in [0, 0.05) is 3.57 Å². The van der Waals surface area contributed by atoms with Gasteiger partial charge in [0.05, 0.1) is 11.4 Å². The third-order valence-electron chi connectivity index (χ3n) is 3.39. The molecule has 1 heterocycles. The molecule has 19 heavy (non-hydrogen) atoms. The highest BCUT2D eigenvalue weighted by atomic mass is 127. The third-order valence-corrected chi connectivity index (χ3v) is 5.16. The van der Waals surface area contributed by atoms with E-state index in [9.17, 15) is 0 Å². The predicted molar refractivity (Wildman–Crippen MR) is 90.2 cm³/mol. The zero-order valence-corrected chi connectivity index (χ0v) is 14.1. The molecule has 1 atom stereocenters. The molecular formula is C16H14BrIO. The van der Waals surface area contributed by atoms with Gasteiger partial charge < -0.3 is 4.74 Å². The Morgan fingerprint density at radius 1 is 1.05 bits per heavy atom. The number of ether oxygens (including phenoxy) is 1. The fourth-order valence-corrected chi connectivity index (χ4v) is 3.31. The molecule has 0 fully saturated rings. The second-order valence-electron chi connectivity index (χ2n) is 4.73. The van der Waals surface area contributed by atoms with Crippen LogP contribution in [0.4, 0.5) is 0 Å². The smallest absolute Gasteiger partial charge is 0.122 e. The number of halogens is 2. The molecule has 0 aliphatic carbocycles. The van der Waals surface area contributed by atoms with Crippen LogP contribution < -0.4 is 4.74 Å². The molecule has 3 rings (SSSR count). The minimum absolute atomic E-state index is 0.247. The van der Waals surface area contributed by atoms with Gasteiger partial charge in [-0.15, -0.1) is 0 Å². The average molecular weight is 429 g/mol. The number of alkyl halides is 1. The van der Waals surface area contributed by atoms with E-state index in [0.717, 1.165) is 25.2 Å². The molecule has 2 aromatic rings. The summed E-state index contributed by atoms with van der Waals surface area (Å²) < 4.78 is 6.93. The first-order chi connectivity index (χ1) is 9.24. The molecule has 1 aliphatic rings.